The van der Waals surface area contributed by atoms with Crippen LogP contribution in [0, 0.1) is 0 Å². The average Bonchev–Trinajstić information content (AvgIpc) is 2.70. The number of fused-ring (bicyclic) bond motifs is 4. The minimum absolute atomic E-state index is 0.0218. The molecule has 1 aromatic heterocycles. The largest absolute Gasteiger partial charge is 0.507 e. The highest BCUT2D eigenvalue weighted by Gasteiger charge is 2.36. The molecule has 7 heteroatoms. The van der Waals surface area contributed by atoms with Gasteiger partial charge in [0.1, 0.15) is 17.1 Å². The molecule has 4 rings (SSSR count). The van der Waals surface area contributed by atoms with E-state index >= 15 is 0 Å². The van der Waals surface area contributed by atoms with Crippen LogP contribution in [0.4, 0.5) is 0 Å². The minimum atomic E-state index is -1.19. The summed E-state index contributed by atoms with van der Waals surface area (Å²) in [6.07, 6.45) is 0.160. The van der Waals surface area contributed by atoms with Crippen LogP contribution in [-0.4, -0.2) is 27.7 Å². The molecule has 1 unspecified atom stereocenters. The molecule has 3 aromatic rings. The van der Waals surface area contributed by atoms with E-state index in [1.165, 1.54) is 30.3 Å². The summed E-state index contributed by atoms with van der Waals surface area (Å²) in [5.74, 6) is -2.51. The van der Waals surface area contributed by atoms with E-state index in [4.69, 9.17) is 4.42 Å². The smallest absolute Gasteiger partial charge is 0.307 e. The number of carbonyl (C=O) groups excluding carboxylic acids is 2. The lowest BCUT2D eigenvalue weighted by molar-refractivity contribution is -0.136. The summed E-state index contributed by atoms with van der Waals surface area (Å²) in [6.45, 7) is 3.76. The topological polar surface area (TPSA) is 122 Å². The van der Waals surface area contributed by atoms with Crippen molar-refractivity contribution in [2.75, 3.05) is 0 Å². The van der Waals surface area contributed by atoms with Crippen LogP contribution in [0.15, 0.2) is 39.5 Å². The first-order chi connectivity index (χ1) is 14.2. The van der Waals surface area contributed by atoms with Gasteiger partial charge in [-0.3, -0.25) is 19.2 Å². The number of aliphatic carboxylic acids is 1. The molecule has 0 amide bonds. The summed E-state index contributed by atoms with van der Waals surface area (Å²) < 4.78 is 5.94. The van der Waals surface area contributed by atoms with E-state index in [0.717, 1.165) is 0 Å². The van der Waals surface area contributed by atoms with Crippen molar-refractivity contribution in [3.05, 3.63) is 74.1 Å². The van der Waals surface area contributed by atoms with Crippen LogP contribution in [0.5, 0.6) is 5.75 Å². The van der Waals surface area contributed by atoms with Gasteiger partial charge in [-0.05, 0) is 24.1 Å². The SMILES string of the molecule is CCC(C)c1cc(=O)c2c(CC(=O)O)cc3c(c2o1)C(=O)c1c(O)cccc1C3=O. The Hall–Kier alpha value is -3.74. The van der Waals surface area contributed by atoms with Gasteiger partial charge in [0.2, 0.25) is 5.78 Å². The predicted molar refractivity (Wildman–Crippen MR) is 108 cm³/mol. The molecule has 1 atom stereocenters. The Bertz CT molecular complexity index is 1310. The van der Waals surface area contributed by atoms with Gasteiger partial charge in [-0.15, -0.1) is 0 Å². The zero-order chi connectivity index (χ0) is 21.7. The second kappa shape index (κ2) is 6.95. The maximum absolute atomic E-state index is 13.3. The van der Waals surface area contributed by atoms with Gasteiger partial charge >= 0.3 is 5.97 Å². The van der Waals surface area contributed by atoms with Gasteiger partial charge in [-0.2, -0.15) is 0 Å². The first-order valence-electron chi connectivity index (χ1n) is 9.51. The van der Waals surface area contributed by atoms with Crippen LogP contribution in [0.2, 0.25) is 0 Å². The summed E-state index contributed by atoms with van der Waals surface area (Å²) in [7, 11) is 0. The first kappa shape index (κ1) is 19.6. The molecule has 0 spiro atoms. The number of benzene rings is 2. The van der Waals surface area contributed by atoms with Crippen molar-refractivity contribution in [3.63, 3.8) is 0 Å². The molecule has 0 bridgehead atoms. The van der Waals surface area contributed by atoms with Crippen LogP contribution in [0.25, 0.3) is 11.0 Å². The Balaban J connectivity index is 2.16. The summed E-state index contributed by atoms with van der Waals surface area (Å²) in [5.41, 5.74) is -0.780. The first-order valence-corrected chi connectivity index (χ1v) is 9.51. The van der Waals surface area contributed by atoms with E-state index < -0.39 is 29.4 Å². The highest BCUT2D eigenvalue weighted by molar-refractivity contribution is 6.32. The van der Waals surface area contributed by atoms with Crippen molar-refractivity contribution in [2.45, 2.75) is 32.6 Å². The third-order valence-electron chi connectivity index (χ3n) is 5.53. The number of hydrogen-bond donors (Lipinski definition) is 2. The fourth-order valence-electron chi connectivity index (χ4n) is 3.82. The molecule has 1 heterocycles. The Kier molecular flexibility index (Phi) is 4.53. The Morgan fingerprint density at radius 2 is 1.80 bits per heavy atom. The lowest BCUT2D eigenvalue weighted by Crippen LogP contribution is -2.23. The summed E-state index contributed by atoms with van der Waals surface area (Å²) in [6, 6.07) is 6.75. The molecule has 1 aliphatic rings. The number of aromatic hydroxyl groups is 1. The average molecular weight is 406 g/mol. The number of ketones is 2. The number of phenolic OH excluding ortho intramolecular Hbond substituents is 1. The van der Waals surface area contributed by atoms with E-state index in [-0.39, 0.29) is 50.5 Å². The Morgan fingerprint density at radius 3 is 2.47 bits per heavy atom. The second-order valence-electron chi connectivity index (χ2n) is 7.41. The van der Waals surface area contributed by atoms with Crippen molar-refractivity contribution in [2.24, 2.45) is 0 Å². The van der Waals surface area contributed by atoms with E-state index in [0.29, 0.717) is 12.2 Å². The van der Waals surface area contributed by atoms with Gasteiger partial charge in [0.25, 0.3) is 0 Å². The van der Waals surface area contributed by atoms with Crippen molar-refractivity contribution < 1.29 is 29.0 Å². The Labute approximate surface area is 170 Å². The molecule has 2 aromatic carbocycles. The maximum Gasteiger partial charge on any atom is 0.307 e. The molecule has 0 aliphatic heterocycles. The van der Waals surface area contributed by atoms with Gasteiger partial charge in [0.05, 0.1) is 22.9 Å². The molecule has 152 valence electrons. The van der Waals surface area contributed by atoms with Crippen molar-refractivity contribution in [1.29, 1.82) is 0 Å². The molecule has 0 saturated carbocycles. The summed E-state index contributed by atoms with van der Waals surface area (Å²) in [5, 5.41) is 19.5. The number of carboxylic acid groups (broad SMARTS) is 1. The van der Waals surface area contributed by atoms with Gasteiger partial charge in [-0.25, -0.2) is 0 Å². The number of carboxylic acids is 1. The van der Waals surface area contributed by atoms with Crippen LogP contribution in [0.1, 0.15) is 69.4 Å². The molecule has 0 saturated heterocycles. The predicted octanol–water partition coefficient (Wildman–Crippen LogP) is 3.41. The number of hydrogen-bond acceptors (Lipinski definition) is 6. The zero-order valence-corrected chi connectivity index (χ0v) is 16.3. The van der Waals surface area contributed by atoms with Crippen LogP contribution in [-0.2, 0) is 11.2 Å². The van der Waals surface area contributed by atoms with Gasteiger partial charge in [-0.1, -0.05) is 26.0 Å². The van der Waals surface area contributed by atoms with E-state index in [9.17, 15) is 29.4 Å². The number of carbonyl (C=O) groups is 3. The minimum Gasteiger partial charge on any atom is -0.507 e. The molecular formula is C23H18O7. The molecule has 7 nitrogen and oxygen atoms in total. The molecule has 30 heavy (non-hydrogen) atoms. The lowest BCUT2D eigenvalue weighted by Gasteiger charge is -2.21. The fourth-order valence-corrected chi connectivity index (χ4v) is 3.82. The van der Waals surface area contributed by atoms with E-state index in [1.807, 2.05) is 13.8 Å². The molecule has 0 radical (unpaired) electrons. The third kappa shape index (κ3) is 2.82. The highest BCUT2D eigenvalue weighted by atomic mass is 16.4. The normalized spacial score (nSPS) is 13.8. The van der Waals surface area contributed by atoms with Crippen molar-refractivity contribution >= 4 is 28.5 Å². The van der Waals surface area contributed by atoms with Crippen LogP contribution in [0.3, 0.4) is 0 Å². The monoisotopic (exact) mass is 406 g/mol. The molecule has 1 aliphatic carbocycles. The van der Waals surface area contributed by atoms with Crippen LogP contribution < -0.4 is 5.43 Å². The summed E-state index contributed by atoms with van der Waals surface area (Å²) in [4.78, 5) is 50.7. The third-order valence-corrected chi connectivity index (χ3v) is 5.53. The summed E-state index contributed by atoms with van der Waals surface area (Å²) >= 11 is 0. The standard InChI is InChI=1S/C23H18O7/c1-3-10(2)16-9-15(25)18-11(8-17(26)27)7-13-20(23(18)30-16)22(29)19-12(21(13)28)5-4-6-14(19)24/h4-7,9-10,24H,3,8H2,1-2H3,(H,26,27). The molecular weight excluding hydrogens is 388 g/mol. The second-order valence-corrected chi connectivity index (χ2v) is 7.41. The van der Waals surface area contributed by atoms with Crippen molar-refractivity contribution in [1.82, 2.24) is 0 Å². The lowest BCUT2D eigenvalue weighted by atomic mass is 9.81. The number of phenols is 1. The Morgan fingerprint density at radius 1 is 1.07 bits per heavy atom. The van der Waals surface area contributed by atoms with Gasteiger partial charge < -0.3 is 14.6 Å². The fraction of sp³-hybridized carbons (Fsp3) is 0.217. The van der Waals surface area contributed by atoms with E-state index in [1.54, 1.807) is 0 Å². The van der Waals surface area contributed by atoms with E-state index in [2.05, 4.69) is 0 Å². The van der Waals surface area contributed by atoms with Gasteiger partial charge in [0.15, 0.2) is 11.2 Å². The van der Waals surface area contributed by atoms with Gasteiger partial charge in [0, 0.05) is 23.1 Å². The van der Waals surface area contributed by atoms with Crippen molar-refractivity contribution in [3.8, 4) is 5.75 Å². The molecule has 2 N–H and O–H groups in total. The van der Waals surface area contributed by atoms with Crippen LogP contribution >= 0.6 is 0 Å². The maximum atomic E-state index is 13.3. The molecule has 0 fully saturated rings. The zero-order valence-electron chi connectivity index (χ0n) is 16.3. The quantitative estimate of drug-likeness (QED) is 0.532. The highest BCUT2D eigenvalue weighted by Crippen LogP contribution is 2.37. The number of rotatable bonds is 4.